The molecule has 0 saturated carbocycles. The van der Waals surface area contributed by atoms with Gasteiger partial charge in [0.05, 0.1) is 10.6 Å². The highest BCUT2D eigenvalue weighted by molar-refractivity contribution is 7.92. The predicted octanol–water partition coefficient (Wildman–Crippen LogP) is 3.31. The van der Waals surface area contributed by atoms with Crippen LogP contribution in [-0.2, 0) is 10.0 Å². The Morgan fingerprint density at radius 2 is 1.93 bits per heavy atom. The van der Waals surface area contributed by atoms with Crippen molar-refractivity contribution in [2.45, 2.75) is 23.8 Å². The third-order valence-corrected chi connectivity index (χ3v) is 6.50. The summed E-state index contributed by atoms with van der Waals surface area (Å²) in [7, 11) is 0.186. The molecule has 0 aromatic heterocycles. The van der Waals surface area contributed by atoms with Crippen LogP contribution in [0.4, 0.5) is 5.69 Å². The largest absolute Gasteiger partial charge is 0.337 e. The fourth-order valence-electron chi connectivity index (χ4n) is 3.31. The number of halogens is 1. The average molecular weight is 422 g/mol. The van der Waals surface area contributed by atoms with Crippen molar-refractivity contribution in [3.63, 3.8) is 0 Å². The van der Waals surface area contributed by atoms with Gasteiger partial charge in [-0.3, -0.25) is 9.52 Å². The maximum Gasteiger partial charge on any atom is 0.261 e. The number of sulfonamides is 1. The normalized spacial score (nSPS) is 17.6. The molecule has 8 heteroatoms. The van der Waals surface area contributed by atoms with Gasteiger partial charge in [0.25, 0.3) is 15.9 Å². The topological polar surface area (TPSA) is 69.7 Å². The number of nitrogens with zero attached hydrogens (tertiary/aromatic N) is 2. The van der Waals surface area contributed by atoms with E-state index < -0.39 is 10.0 Å². The summed E-state index contributed by atoms with van der Waals surface area (Å²) in [5, 5.41) is 0.435. The van der Waals surface area contributed by atoms with Gasteiger partial charge in [0, 0.05) is 29.7 Å². The molecule has 2 aromatic rings. The summed E-state index contributed by atoms with van der Waals surface area (Å²) in [6.45, 7) is 1.32. The summed E-state index contributed by atoms with van der Waals surface area (Å²) in [5.41, 5.74) is 0.738. The Kier molecular flexibility index (Phi) is 6.27. The van der Waals surface area contributed by atoms with E-state index >= 15 is 0 Å². The van der Waals surface area contributed by atoms with Gasteiger partial charge in [0.1, 0.15) is 0 Å². The Hall–Kier alpha value is -2.09. The predicted molar refractivity (Wildman–Crippen MR) is 111 cm³/mol. The summed E-state index contributed by atoms with van der Waals surface area (Å²) in [4.78, 5) is 16.9. The Morgan fingerprint density at radius 3 is 2.64 bits per heavy atom. The first-order valence-electron chi connectivity index (χ1n) is 9.10. The number of likely N-dealkylation sites (N-methyl/N-ethyl adjacent to an activating group) is 1. The van der Waals surface area contributed by atoms with Crippen molar-refractivity contribution in [3.05, 3.63) is 59.1 Å². The van der Waals surface area contributed by atoms with E-state index in [-0.39, 0.29) is 10.8 Å². The van der Waals surface area contributed by atoms with Crippen molar-refractivity contribution in [1.29, 1.82) is 0 Å². The zero-order valence-electron chi connectivity index (χ0n) is 15.9. The number of nitrogens with one attached hydrogen (secondary N) is 1. The number of hydrogen-bond acceptors (Lipinski definition) is 4. The van der Waals surface area contributed by atoms with Crippen molar-refractivity contribution < 1.29 is 13.2 Å². The molecule has 1 aliphatic rings. The number of likely N-dealkylation sites (tertiary alicyclic amines) is 1. The highest BCUT2D eigenvalue weighted by atomic mass is 35.5. The molecule has 28 heavy (non-hydrogen) atoms. The zero-order valence-corrected chi connectivity index (χ0v) is 17.5. The molecule has 0 aliphatic carbocycles. The highest BCUT2D eigenvalue weighted by Crippen LogP contribution is 2.22. The second-order valence-electron chi connectivity index (χ2n) is 7.15. The first-order chi connectivity index (χ1) is 13.3. The second-order valence-corrected chi connectivity index (χ2v) is 9.27. The van der Waals surface area contributed by atoms with Gasteiger partial charge in [-0.1, -0.05) is 23.7 Å². The molecule has 1 fully saturated rings. The van der Waals surface area contributed by atoms with Crippen molar-refractivity contribution in [2.75, 3.05) is 31.9 Å². The SMILES string of the molecule is CN(C)C1CCCN(C(=O)c2cccc(S(=O)(=O)Nc3cccc(Cl)c3)c2)C1. The van der Waals surface area contributed by atoms with Gasteiger partial charge in [0.2, 0.25) is 0 Å². The monoisotopic (exact) mass is 421 g/mol. The molecule has 1 amide bonds. The third-order valence-electron chi connectivity index (χ3n) is 4.88. The molecule has 1 atom stereocenters. The van der Waals surface area contributed by atoms with Gasteiger partial charge in [-0.2, -0.15) is 0 Å². The molecule has 3 rings (SSSR count). The van der Waals surface area contributed by atoms with Crippen LogP contribution in [0.5, 0.6) is 0 Å². The van der Waals surface area contributed by atoms with Crippen LogP contribution in [0, 0.1) is 0 Å². The molecule has 0 bridgehead atoms. The second kappa shape index (κ2) is 8.51. The summed E-state index contributed by atoms with van der Waals surface area (Å²) >= 11 is 5.92. The fourth-order valence-corrected chi connectivity index (χ4v) is 4.59. The van der Waals surface area contributed by atoms with Crippen molar-refractivity contribution in [1.82, 2.24) is 9.80 Å². The third kappa shape index (κ3) is 4.84. The summed E-state index contributed by atoms with van der Waals surface area (Å²) in [6.07, 6.45) is 1.98. The molecule has 2 aromatic carbocycles. The minimum Gasteiger partial charge on any atom is -0.337 e. The highest BCUT2D eigenvalue weighted by Gasteiger charge is 2.26. The first-order valence-corrected chi connectivity index (χ1v) is 11.0. The maximum atomic E-state index is 12.9. The fraction of sp³-hybridized carbons (Fsp3) is 0.350. The van der Waals surface area contributed by atoms with E-state index in [9.17, 15) is 13.2 Å². The lowest BCUT2D eigenvalue weighted by Crippen LogP contribution is -2.47. The summed E-state index contributed by atoms with van der Waals surface area (Å²) in [5.74, 6) is -0.147. The minimum absolute atomic E-state index is 0.0412. The standard InChI is InChI=1S/C20H24ClN3O3S/c1-23(2)18-9-5-11-24(14-18)20(25)15-6-3-10-19(12-15)28(26,27)22-17-8-4-7-16(21)13-17/h3-4,6-8,10,12-13,18,22H,5,9,11,14H2,1-2H3. The molecular formula is C20H24ClN3O3S. The number of carbonyl (C=O) groups excluding carboxylic acids is 1. The van der Waals surface area contributed by atoms with E-state index in [4.69, 9.17) is 11.6 Å². The maximum absolute atomic E-state index is 12.9. The van der Waals surface area contributed by atoms with Gasteiger partial charge < -0.3 is 9.80 Å². The van der Waals surface area contributed by atoms with E-state index in [0.29, 0.717) is 35.4 Å². The van der Waals surface area contributed by atoms with Crippen LogP contribution in [0.25, 0.3) is 0 Å². The molecule has 1 unspecified atom stereocenters. The lowest BCUT2D eigenvalue weighted by molar-refractivity contribution is 0.0635. The molecule has 0 radical (unpaired) electrons. The molecule has 1 aliphatic heterocycles. The Bertz CT molecular complexity index is 963. The lowest BCUT2D eigenvalue weighted by Gasteiger charge is -2.36. The van der Waals surface area contributed by atoms with E-state index in [1.165, 1.54) is 18.2 Å². The number of carbonyl (C=O) groups is 1. The quantitative estimate of drug-likeness (QED) is 0.804. The number of rotatable bonds is 5. The first kappa shape index (κ1) is 20.6. The van der Waals surface area contributed by atoms with Crippen molar-refractivity contribution >= 4 is 33.2 Å². The van der Waals surface area contributed by atoms with E-state index in [0.717, 1.165) is 12.8 Å². The Labute approximate surface area is 171 Å². The molecule has 150 valence electrons. The number of hydrogen-bond donors (Lipinski definition) is 1. The molecule has 0 spiro atoms. The van der Waals surface area contributed by atoms with Crippen LogP contribution >= 0.6 is 11.6 Å². The van der Waals surface area contributed by atoms with E-state index in [2.05, 4.69) is 9.62 Å². The van der Waals surface area contributed by atoms with Crippen LogP contribution in [0.1, 0.15) is 23.2 Å². The average Bonchev–Trinajstić information content (AvgIpc) is 2.67. The molecule has 1 heterocycles. The minimum atomic E-state index is -3.83. The van der Waals surface area contributed by atoms with Gasteiger partial charge in [0.15, 0.2) is 0 Å². The summed E-state index contributed by atoms with van der Waals surface area (Å²) < 4.78 is 27.9. The van der Waals surface area contributed by atoms with E-state index in [1.54, 1.807) is 35.2 Å². The number of anilines is 1. The van der Waals surface area contributed by atoms with Crippen LogP contribution < -0.4 is 4.72 Å². The smallest absolute Gasteiger partial charge is 0.261 e. The molecule has 1 saturated heterocycles. The van der Waals surface area contributed by atoms with Crippen LogP contribution in [-0.4, -0.2) is 57.4 Å². The summed E-state index contributed by atoms with van der Waals surface area (Å²) in [6, 6.07) is 12.9. The number of piperidine rings is 1. The van der Waals surface area contributed by atoms with Crippen LogP contribution in [0.15, 0.2) is 53.4 Å². The van der Waals surface area contributed by atoms with Gasteiger partial charge >= 0.3 is 0 Å². The molecule has 6 nitrogen and oxygen atoms in total. The number of amides is 1. The molecular weight excluding hydrogens is 398 g/mol. The van der Waals surface area contributed by atoms with Crippen molar-refractivity contribution in [3.8, 4) is 0 Å². The van der Waals surface area contributed by atoms with Gasteiger partial charge in [-0.05, 0) is 63.3 Å². The van der Waals surface area contributed by atoms with Gasteiger partial charge in [-0.15, -0.1) is 0 Å². The van der Waals surface area contributed by atoms with Gasteiger partial charge in [-0.25, -0.2) is 8.42 Å². The molecule has 1 N–H and O–H groups in total. The zero-order chi connectivity index (χ0) is 20.3. The number of benzene rings is 2. The van der Waals surface area contributed by atoms with Crippen LogP contribution in [0.2, 0.25) is 5.02 Å². The Morgan fingerprint density at radius 1 is 1.18 bits per heavy atom. The lowest BCUT2D eigenvalue weighted by atomic mass is 10.0. The van der Waals surface area contributed by atoms with E-state index in [1.807, 2.05) is 14.1 Å². The van der Waals surface area contributed by atoms with Crippen molar-refractivity contribution in [2.24, 2.45) is 0 Å². The van der Waals surface area contributed by atoms with Crippen LogP contribution in [0.3, 0.4) is 0 Å². The Balaban J connectivity index is 1.80.